The van der Waals surface area contributed by atoms with E-state index < -0.39 is 0 Å². The number of carbonyl (C=O) groups is 1. The van der Waals surface area contributed by atoms with Gasteiger partial charge in [0.25, 0.3) is 0 Å². The molecule has 0 spiro atoms. The lowest BCUT2D eigenvalue weighted by Gasteiger charge is -2.08. The summed E-state index contributed by atoms with van der Waals surface area (Å²) in [5.74, 6) is 0.749. The number of rotatable bonds is 8. The van der Waals surface area contributed by atoms with Crippen molar-refractivity contribution >= 4 is 11.6 Å². The Bertz CT molecular complexity index is 608. The van der Waals surface area contributed by atoms with Crippen LogP contribution in [0.2, 0.25) is 0 Å². The fourth-order valence-electron chi connectivity index (χ4n) is 2.14. The molecule has 0 saturated heterocycles. The van der Waals surface area contributed by atoms with Gasteiger partial charge < -0.3 is 10.1 Å². The summed E-state index contributed by atoms with van der Waals surface area (Å²) >= 11 is 0. The van der Waals surface area contributed by atoms with Crippen LogP contribution in [0.25, 0.3) is 0 Å². The van der Waals surface area contributed by atoms with Gasteiger partial charge >= 0.3 is 0 Å². The molecule has 0 bridgehead atoms. The molecule has 0 aliphatic heterocycles. The molecular weight excluding hydrogens is 274 g/mol. The van der Waals surface area contributed by atoms with Crippen LogP contribution in [0.4, 0.5) is 5.69 Å². The van der Waals surface area contributed by atoms with Crippen molar-refractivity contribution in [2.75, 3.05) is 11.9 Å². The number of benzene rings is 2. The Morgan fingerprint density at radius 2 is 1.95 bits per heavy atom. The van der Waals surface area contributed by atoms with Gasteiger partial charge in [0.15, 0.2) is 0 Å². The summed E-state index contributed by atoms with van der Waals surface area (Å²) in [4.78, 5) is 12.0. The molecule has 0 aliphatic rings. The zero-order chi connectivity index (χ0) is 15.6. The van der Waals surface area contributed by atoms with E-state index >= 15 is 0 Å². The number of ether oxygens (including phenoxy) is 1. The van der Waals surface area contributed by atoms with Crippen molar-refractivity contribution in [1.82, 2.24) is 0 Å². The fourth-order valence-corrected chi connectivity index (χ4v) is 2.14. The van der Waals surface area contributed by atoms with Crippen LogP contribution in [0.15, 0.2) is 67.3 Å². The number of amides is 1. The van der Waals surface area contributed by atoms with Crippen molar-refractivity contribution in [1.29, 1.82) is 0 Å². The molecule has 0 saturated carbocycles. The highest BCUT2D eigenvalue weighted by atomic mass is 16.5. The maximum Gasteiger partial charge on any atom is 0.224 e. The Morgan fingerprint density at radius 3 is 2.73 bits per heavy atom. The quantitative estimate of drug-likeness (QED) is 0.741. The molecule has 0 aromatic heterocycles. The number of aryl methyl sites for hydroxylation is 1. The molecule has 0 aliphatic carbocycles. The molecule has 0 radical (unpaired) electrons. The Balaban J connectivity index is 1.78. The third-order valence-corrected chi connectivity index (χ3v) is 3.20. The van der Waals surface area contributed by atoms with Crippen LogP contribution in [0, 0.1) is 0 Å². The predicted octanol–water partition coefficient (Wildman–Crippen LogP) is 4.21. The first-order valence-electron chi connectivity index (χ1n) is 7.45. The fraction of sp³-hybridized carbons (Fsp3) is 0.211. The summed E-state index contributed by atoms with van der Waals surface area (Å²) in [6, 6.07) is 17.6. The lowest BCUT2D eigenvalue weighted by Crippen LogP contribution is -2.11. The standard InChI is InChI=1S/C19H21NO2/c1-2-14-22-18-12-7-11-17(15-18)20-19(21)13-6-10-16-8-4-3-5-9-16/h2-5,7-9,11-12,15H,1,6,10,13-14H2,(H,20,21). The van der Waals surface area contributed by atoms with E-state index in [1.165, 1.54) is 5.56 Å². The van der Waals surface area contributed by atoms with Crippen LogP contribution in [0.3, 0.4) is 0 Å². The molecule has 2 aromatic rings. The molecule has 0 heterocycles. The number of hydrogen-bond acceptors (Lipinski definition) is 2. The van der Waals surface area contributed by atoms with Crippen molar-refractivity contribution in [2.45, 2.75) is 19.3 Å². The lowest BCUT2D eigenvalue weighted by atomic mass is 10.1. The summed E-state index contributed by atoms with van der Waals surface area (Å²) in [5.41, 5.74) is 2.02. The maximum absolute atomic E-state index is 12.0. The average molecular weight is 295 g/mol. The number of hydrogen-bond donors (Lipinski definition) is 1. The van der Waals surface area contributed by atoms with E-state index in [1.54, 1.807) is 6.08 Å². The molecule has 2 rings (SSSR count). The Morgan fingerprint density at radius 1 is 1.14 bits per heavy atom. The summed E-state index contributed by atoms with van der Waals surface area (Å²) in [6.07, 6.45) is 3.95. The van der Waals surface area contributed by atoms with Gasteiger partial charge in [-0.2, -0.15) is 0 Å². The molecule has 0 unspecified atom stereocenters. The van der Waals surface area contributed by atoms with Gasteiger partial charge in [0.2, 0.25) is 5.91 Å². The highest BCUT2D eigenvalue weighted by Gasteiger charge is 2.04. The number of nitrogens with one attached hydrogen (secondary N) is 1. The monoisotopic (exact) mass is 295 g/mol. The third kappa shape index (κ3) is 5.44. The van der Waals surface area contributed by atoms with E-state index in [9.17, 15) is 4.79 Å². The molecule has 2 aromatic carbocycles. The van der Waals surface area contributed by atoms with Gasteiger partial charge in [-0.1, -0.05) is 49.1 Å². The van der Waals surface area contributed by atoms with E-state index in [0.29, 0.717) is 13.0 Å². The van der Waals surface area contributed by atoms with Gasteiger partial charge in [0.05, 0.1) is 0 Å². The van der Waals surface area contributed by atoms with E-state index in [2.05, 4.69) is 24.0 Å². The van der Waals surface area contributed by atoms with E-state index in [-0.39, 0.29) is 5.91 Å². The normalized spacial score (nSPS) is 10.0. The Kier molecular flexibility index (Phi) is 6.24. The minimum absolute atomic E-state index is 0.0248. The predicted molar refractivity (Wildman–Crippen MR) is 90.1 cm³/mol. The van der Waals surface area contributed by atoms with Crippen LogP contribution in [0.1, 0.15) is 18.4 Å². The van der Waals surface area contributed by atoms with Crippen molar-refractivity contribution in [2.24, 2.45) is 0 Å². The molecule has 1 amide bonds. The Labute approximate surface area is 131 Å². The van der Waals surface area contributed by atoms with Crippen molar-refractivity contribution < 1.29 is 9.53 Å². The number of anilines is 1. The average Bonchev–Trinajstić information content (AvgIpc) is 2.54. The smallest absolute Gasteiger partial charge is 0.224 e. The highest BCUT2D eigenvalue weighted by Crippen LogP contribution is 2.17. The zero-order valence-corrected chi connectivity index (χ0v) is 12.6. The topological polar surface area (TPSA) is 38.3 Å². The molecule has 0 fully saturated rings. The van der Waals surface area contributed by atoms with Crippen LogP contribution >= 0.6 is 0 Å². The molecule has 1 N–H and O–H groups in total. The molecular formula is C19H21NO2. The molecule has 0 atom stereocenters. The minimum atomic E-state index is 0.0248. The van der Waals surface area contributed by atoms with Gasteiger partial charge in [0, 0.05) is 18.2 Å². The molecule has 3 heteroatoms. The van der Waals surface area contributed by atoms with E-state index in [0.717, 1.165) is 24.3 Å². The van der Waals surface area contributed by atoms with Gasteiger partial charge in [-0.15, -0.1) is 0 Å². The first-order valence-corrected chi connectivity index (χ1v) is 7.45. The zero-order valence-electron chi connectivity index (χ0n) is 12.6. The van der Waals surface area contributed by atoms with Crippen molar-refractivity contribution in [3.63, 3.8) is 0 Å². The van der Waals surface area contributed by atoms with Gasteiger partial charge in [-0.05, 0) is 30.5 Å². The summed E-state index contributed by atoms with van der Waals surface area (Å²) in [6.45, 7) is 4.06. The van der Waals surface area contributed by atoms with Crippen LogP contribution in [-0.2, 0) is 11.2 Å². The van der Waals surface area contributed by atoms with Crippen LogP contribution < -0.4 is 10.1 Å². The first kappa shape index (κ1) is 15.8. The van der Waals surface area contributed by atoms with Crippen molar-refractivity contribution in [3.05, 3.63) is 72.8 Å². The molecule has 22 heavy (non-hydrogen) atoms. The third-order valence-electron chi connectivity index (χ3n) is 3.20. The largest absolute Gasteiger partial charge is 0.489 e. The maximum atomic E-state index is 12.0. The van der Waals surface area contributed by atoms with E-state index in [1.807, 2.05) is 42.5 Å². The van der Waals surface area contributed by atoms with Crippen molar-refractivity contribution in [3.8, 4) is 5.75 Å². The van der Waals surface area contributed by atoms with Gasteiger partial charge in [-0.25, -0.2) is 0 Å². The van der Waals surface area contributed by atoms with Crippen LogP contribution in [-0.4, -0.2) is 12.5 Å². The SMILES string of the molecule is C=CCOc1cccc(NC(=O)CCCc2ccccc2)c1. The second-order valence-electron chi connectivity index (χ2n) is 5.01. The molecule has 114 valence electrons. The molecule has 3 nitrogen and oxygen atoms in total. The minimum Gasteiger partial charge on any atom is -0.489 e. The van der Waals surface area contributed by atoms with E-state index in [4.69, 9.17) is 4.74 Å². The first-order chi connectivity index (χ1) is 10.8. The Hall–Kier alpha value is -2.55. The summed E-state index contributed by atoms with van der Waals surface area (Å²) in [7, 11) is 0. The summed E-state index contributed by atoms with van der Waals surface area (Å²) < 4.78 is 5.45. The summed E-state index contributed by atoms with van der Waals surface area (Å²) in [5, 5.41) is 2.90. The second-order valence-corrected chi connectivity index (χ2v) is 5.01. The highest BCUT2D eigenvalue weighted by molar-refractivity contribution is 5.90. The van der Waals surface area contributed by atoms with Gasteiger partial charge in [-0.3, -0.25) is 4.79 Å². The second kappa shape index (κ2) is 8.67. The van der Waals surface area contributed by atoms with Crippen LogP contribution in [0.5, 0.6) is 5.75 Å². The lowest BCUT2D eigenvalue weighted by molar-refractivity contribution is -0.116. The number of carbonyl (C=O) groups excluding carboxylic acids is 1. The van der Waals surface area contributed by atoms with Gasteiger partial charge in [0.1, 0.15) is 12.4 Å².